The molecule has 0 aliphatic rings. The molecular formula is C12H11ClFNS. The van der Waals surface area contributed by atoms with Gasteiger partial charge in [-0.2, -0.15) is 0 Å². The van der Waals surface area contributed by atoms with Crippen LogP contribution in [0.4, 0.5) is 4.39 Å². The van der Waals surface area contributed by atoms with Gasteiger partial charge in [-0.25, -0.2) is 4.39 Å². The molecule has 2 rings (SSSR count). The Morgan fingerprint density at radius 1 is 1.38 bits per heavy atom. The van der Waals surface area contributed by atoms with E-state index < -0.39 is 0 Å². The van der Waals surface area contributed by atoms with Crippen molar-refractivity contribution in [2.24, 2.45) is 5.73 Å². The van der Waals surface area contributed by atoms with Crippen LogP contribution in [-0.2, 0) is 0 Å². The SMILES string of the molecule is Cc1ccc(F)cc1C(N)c1sccc1Cl. The van der Waals surface area contributed by atoms with Gasteiger partial charge in [-0.05, 0) is 41.6 Å². The lowest BCUT2D eigenvalue weighted by atomic mass is 10.0. The Bertz CT molecular complexity index is 509. The van der Waals surface area contributed by atoms with Crippen molar-refractivity contribution in [1.29, 1.82) is 0 Å². The van der Waals surface area contributed by atoms with Crippen molar-refractivity contribution < 1.29 is 4.39 Å². The lowest BCUT2D eigenvalue weighted by Gasteiger charge is -2.13. The lowest BCUT2D eigenvalue weighted by molar-refractivity contribution is 0.623. The van der Waals surface area contributed by atoms with E-state index in [4.69, 9.17) is 17.3 Å². The predicted octanol–water partition coefficient (Wildman–Crippen LogP) is 3.90. The van der Waals surface area contributed by atoms with E-state index in [-0.39, 0.29) is 11.9 Å². The fraction of sp³-hybridized carbons (Fsp3) is 0.167. The molecule has 1 nitrogen and oxygen atoms in total. The number of hydrogen-bond acceptors (Lipinski definition) is 2. The maximum absolute atomic E-state index is 13.2. The lowest BCUT2D eigenvalue weighted by Crippen LogP contribution is -2.12. The molecular weight excluding hydrogens is 245 g/mol. The molecule has 4 heteroatoms. The van der Waals surface area contributed by atoms with Crippen LogP contribution in [-0.4, -0.2) is 0 Å². The van der Waals surface area contributed by atoms with Gasteiger partial charge in [0, 0.05) is 4.88 Å². The second-order valence-electron chi connectivity index (χ2n) is 3.61. The molecule has 84 valence electrons. The number of aryl methyl sites for hydroxylation is 1. The quantitative estimate of drug-likeness (QED) is 0.866. The van der Waals surface area contributed by atoms with E-state index in [9.17, 15) is 4.39 Å². The number of nitrogens with two attached hydrogens (primary N) is 1. The van der Waals surface area contributed by atoms with Crippen molar-refractivity contribution in [3.05, 3.63) is 56.5 Å². The van der Waals surface area contributed by atoms with E-state index in [0.717, 1.165) is 16.0 Å². The average Bonchev–Trinajstić information content (AvgIpc) is 2.67. The Labute approximate surface area is 103 Å². The minimum absolute atomic E-state index is 0.274. The van der Waals surface area contributed by atoms with Gasteiger partial charge in [0.2, 0.25) is 0 Å². The molecule has 2 aromatic rings. The van der Waals surface area contributed by atoms with Gasteiger partial charge in [0.15, 0.2) is 0 Å². The van der Waals surface area contributed by atoms with Gasteiger partial charge in [-0.1, -0.05) is 17.7 Å². The van der Waals surface area contributed by atoms with Crippen molar-refractivity contribution in [2.45, 2.75) is 13.0 Å². The molecule has 0 spiro atoms. The minimum atomic E-state index is -0.358. The predicted molar refractivity (Wildman–Crippen MR) is 66.5 cm³/mol. The van der Waals surface area contributed by atoms with Crippen LogP contribution in [0.3, 0.4) is 0 Å². The Kier molecular flexibility index (Phi) is 3.28. The van der Waals surface area contributed by atoms with Crippen molar-refractivity contribution in [2.75, 3.05) is 0 Å². The zero-order chi connectivity index (χ0) is 11.7. The zero-order valence-corrected chi connectivity index (χ0v) is 10.3. The van der Waals surface area contributed by atoms with Crippen molar-refractivity contribution in [3.8, 4) is 0 Å². The number of thiophene rings is 1. The molecule has 0 fully saturated rings. The van der Waals surface area contributed by atoms with E-state index in [1.807, 2.05) is 12.3 Å². The van der Waals surface area contributed by atoms with Gasteiger partial charge in [0.25, 0.3) is 0 Å². The summed E-state index contributed by atoms with van der Waals surface area (Å²) in [6, 6.07) is 6.07. The first-order valence-electron chi connectivity index (χ1n) is 4.84. The maximum Gasteiger partial charge on any atom is 0.123 e. The fourth-order valence-electron chi connectivity index (χ4n) is 1.61. The summed E-state index contributed by atoms with van der Waals surface area (Å²) < 4.78 is 13.2. The first-order chi connectivity index (χ1) is 7.59. The third kappa shape index (κ3) is 2.12. The molecule has 0 radical (unpaired) electrons. The summed E-state index contributed by atoms with van der Waals surface area (Å²) >= 11 is 7.50. The van der Waals surface area contributed by atoms with Gasteiger partial charge in [-0.15, -0.1) is 11.3 Å². The summed E-state index contributed by atoms with van der Waals surface area (Å²) in [5, 5.41) is 2.52. The fourth-order valence-corrected chi connectivity index (χ4v) is 2.81. The molecule has 1 heterocycles. The molecule has 1 unspecified atom stereocenters. The van der Waals surface area contributed by atoms with Gasteiger partial charge in [0.05, 0.1) is 11.1 Å². The minimum Gasteiger partial charge on any atom is -0.320 e. The highest BCUT2D eigenvalue weighted by atomic mass is 35.5. The standard InChI is InChI=1S/C12H11ClFNS/c1-7-2-3-8(14)6-9(7)11(15)12-10(13)4-5-16-12/h2-6,11H,15H2,1H3. The highest BCUT2D eigenvalue weighted by Gasteiger charge is 2.16. The third-order valence-electron chi connectivity index (χ3n) is 2.50. The van der Waals surface area contributed by atoms with Crippen molar-refractivity contribution >= 4 is 22.9 Å². The van der Waals surface area contributed by atoms with E-state index >= 15 is 0 Å². The maximum atomic E-state index is 13.2. The second-order valence-corrected chi connectivity index (χ2v) is 4.97. The van der Waals surface area contributed by atoms with Crippen LogP contribution in [0.15, 0.2) is 29.6 Å². The van der Waals surface area contributed by atoms with E-state index in [0.29, 0.717) is 5.02 Å². The van der Waals surface area contributed by atoms with Crippen molar-refractivity contribution in [1.82, 2.24) is 0 Å². The van der Waals surface area contributed by atoms with Crippen LogP contribution in [0.1, 0.15) is 22.0 Å². The van der Waals surface area contributed by atoms with E-state index in [1.165, 1.54) is 23.5 Å². The van der Waals surface area contributed by atoms with Crippen molar-refractivity contribution in [3.63, 3.8) is 0 Å². The molecule has 0 amide bonds. The van der Waals surface area contributed by atoms with Gasteiger partial charge in [0.1, 0.15) is 5.82 Å². The monoisotopic (exact) mass is 255 g/mol. The number of benzene rings is 1. The summed E-state index contributed by atoms with van der Waals surface area (Å²) in [6.45, 7) is 1.91. The first kappa shape index (κ1) is 11.6. The molecule has 1 atom stereocenters. The van der Waals surface area contributed by atoms with E-state index in [1.54, 1.807) is 12.1 Å². The molecule has 0 aliphatic heterocycles. The first-order valence-corrected chi connectivity index (χ1v) is 6.10. The summed E-state index contributed by atoms with van der Waals surface area (Å²) in [7, 11) is 0. The molecule has 1 aromatic carbocycles. The topological polar surface area (TPSA) is 26.0 Å². The molecule has 1 aromatic heterocycles. The third-order valence-corrected chi connectivity index (χ3v) is 3.95. The van der Waals surface area contributed by atoms with Crippen LogP contribution in [0.2, 0.25) is 5.02 Å². The molecule has 0 aliphatic carbocycles. The Balaban J connectivity index is 2.45. The zero-order valence-electron chi connectivity index (χ0n) is 8.71. The Morgan fingerprint density at radius 3 is 2.75 bits per heavy atom. The molecule has 0 saturated carbocycles. The normalized spacial score (nSPS) is 12.8. The molecule has 0 bridgehead atoms. The van der Waals surface area contributed by atoms with Crippen LogP contribution in [0.5, 0.6) is 0 Å². The summed E-state index contributed by atoms with van der Waals surface area (Å²) in [5.41, 5.74) is 7.84. The highest BCUT2D eigenvalue weighted by molar-refractivity contribution is 7.10. The molecule has 16 heavy (non-hydrogen) atoms. The Hall–Kier alpha value is -0.900. The van der Waals surface area contributed by atoms with Gasteiger partial charge in [-0.3, -0.25) is 0 Å². The second kappa shape index (κ2) is 4.53. The average molecular weight is 256 g/mol. The number of hydrogen-bond donors (Lipinski definition) is 1. The van der Waals surface area contributed by atoms with Crippen LogP contribution < -0.4 is 5.73 Å². The Morgan fingerprint density at radius 2 is 2.12 bits per heavy atom. The number of halogens is 2. The molecule has 0 saturated heterocycles. The summed E-state index contributed by atoms with van der Waals surface area (Å²) in [5.74, 6) is -0.274. The van der Waals surface area contributed by atoms with E-state index in [2.05, 4.69) is 0 Å². The van der Waals surface area contributed by atoms with Crippen LogP contribution in [0.25, 0.3) is 0 Å². The smallest absolute Gasteiger partial charge is 0.123 e. The number of rotatable bonds is 2. The van der Waals surface area contributed by atoms with Crippen LogP contribution >= 0.6 is 22.9 Å². The summed E-state index contributed by atoms with van der Waals surface area (Å²) in [6.07, 6.45) is 0. The van der Waals surface area contributed by atoms with Gasteiger partial charge >= 0.3 is 0 Å². The molecule has 2 N–H and O–H groups in total. The summed E-state index contributed by atoms with van der Waals surface area (Å²) in [4.78, 5) is 0.871. The largest absolute Gasteiger partial charge is 0.320 e. The van der Waals surface area contributed by atoms with Gasteiger partial charge < -0.3 is 5.73 Å². The highest BCUT2D eigenvalue weighted by Crippen LogP contribution is 2.32. The van der Waals surface area contributed by atoms with Crippen LogP contribution in [0, 0.1) is 12.7 Å².